The first-order valence-electron chi connectivity index (χ1n) is 7.39. The summed E-state index contributed by atoms with van der Waals surface area (Å²) in [5, 5.41) is 2.85. The molecule has 0 spiro atoms. The number of furan rings is 1. The molecular weight excluding hydrogens is 254 g/mol. The van der Waals surface area contributed by atoms with E-state index < -0.39 is 0 Å². The number of hydrogen-bond acceptors (Lipinski definition) is 3. The lowest BCUT2D eigenvalue weighted by Gasteiger charge is -2.08. The standard InChI is InChI=1S/C16H21NO3/c1-11-9-14(11)15-6-4-12(20-15)5-7-16(18)17-10-13-3-2-8-19-13/h4-7,11,13-14H,2-3,8-10H2,1H3,(H,17,18). The van der Waals surface area contributed by atoms with Gasteiger partial charge in [0.05, 0.1) is 6.10 Å². The van der Waals surface area contributed by atoms with E-state index in [1.54, 1.807) is 6.08 Å². The SMILES string of the molecule is CC1CC1c1ccc(C=CC(=O)NCC2CCCO2)o1. The van der Waals surface area contributed by atoms with Gasteiger partial charge in [-0.05, 0) is 43.4 Å². The van der Waals surface area contributed by atoms with Gasteiger partial charge in [-0.1, -0.05) is 6.92 Å². The van der Waals surface area contributed by atoms with Crippen LogP contribution in [0.15, 0.2) is 22.6 Å². The molecule has 0 aromatic carbocycles. The average Bonchev–Trinajstić information content (AvgIpc) is 2.92. The number of carbonyl (C=O) groups excluding carboxylic acids is 1. The number of amides is 1. The van der Waals surface area contributed by atoms with Gasteiger partial charge in [-0.25, -0.2) is 0 Å². The zero-order valence-electron chi connectivity index (χ0n) is 11.8. The van der Waals surface area contributed by atoms with Crippen LogP contribution in [0.4, 0.5) is 0 Å². The van der Waals surface area contributed by atoms with Crippen molar-refractivity contribution in [1.82, 2.24) is 5.32 Å². The lowest BCUT2D eigenvalue weighted by Crippen LogP contribution is -2.30. The van der Waals surface area contributed by atoms with Crippen molar-refractivity contribution in [2.75, 3.05) is 13.2 Å². The first kappa shape index (κ1) is 13.4. The maximum absolute atomic E-state index is 11.7. The van der Waals surface area contributed by atoms with Crippen molar-refractivity contribution in [2.24, 2.45) is 5.92 Å². The topological polar surface area (TPSA) is 51.5 Å². The maximum atomic E-state index is 11.7. The molecule has 2 heterocycles. The van der Waals surface area contributed by atoms with Crippen molar-refractivity contribution in [3.05, 3.63) is 29.7 Å². The summed E-state index contributed by atoms with van der Waals surface area (Å²) >= 11 is 0. The van der Waals surface area contributed by atoms with E-state index in [0.717, 1.165) is 36.9 Å². The first-order valence-corrected chi connectivity index (χ1v) is 7.39. The molecule has 2 fully saturated rings. The van der Waals surface area contributed by atoms with Gasteiger partial charge in [0.25, 0.3) is 0 Å². The Morgan fingerprint density at radius 1 is 1.50 bits per heavy atom. The molecule has 3 unspecified atom stereocenters. The molecule has 2 aliphatic rings. The fourth-order valence-electron chi connectivity index (χ4n) is 2.61. The minimum Gasteiger partial charge on any atom is -0.461 e. The average molecular weight is 275 g/mol. The van der Waals surface area contributed by atoms with Gasteiger partial charge in [0.2, 0.25) is 5.91 Å². The lowest BCUT2D eigenvalue weighted by atomic mass is 10.2. The second-order valence-corrected chi connectivity index (χ2v) is 5.77. The minimum atomic E-state index is -0.0989. The van der Waals surface area contributed by atoms with Crippen molar-refractivity contribution >= 4 is 12.0 Å². The second-order valence-electron chi connectivity index (χ2n) is 5.77. The fraction of sp³-hybridized carbons (Fsp3) is 0.562. The van der Waals surface area contributed by atoms with Crippen molar-refractivity contribution in [1.29, 1.82) is 0 Å². The maximum Gasteiger partial charge on any atom is 0.244 e. The lowest BCUT2D eigenvalue weighted by molar-refractivity contribution is -0.116. The highest BCUT2D eigenvalue weighted by Gasteiger charge is 2.36. The van der Waals surface area contributed by atoms with Gasteiger partial charge in [-0.15, -0.1) is 0 Å². The van der Waals surface area contributed by atoms with E-state index in [-0.39, 0.29) is 12.0 Å². The van der Waals surface area contributed by atoms with E-state index in [4.69, 9.17) is 9.15 Å². The summed E-state index contributed by atoms with van der Waals surface area (Å²) in [6, 6.07) is 3.93. The van der Waals surface area contributed by atoms with Crippen LogP contribution in [-0.4, -0.2) is 25.2 Å². The molecule has 1 aliphatic heterocycles. The molecule has 1 aromatic rings. The van der Waals surface area contributed by atoms with E-state index in [1.807, 2.05) is 12.1 Å². The number of nitrogens with one attached hydrogen (secondary N) is 1. The number of hydrogen-bond donors (Lipinski definition) is 1. The van der Waals surface area contributed by atoms with Crippen LogP contribution in [0.5, 0.6) is 0 Å². The molecule has 0 bridgehead atoms. The molecule has 108 valence electrons. The van der Waals surface area contributed by atoms with E-state index >= 15 is 0 Å². The van der Waals surface area contributed by atoms with Crippen LogP contribution in [0.1, 0.15) is 43.6 Å². The molecule has 4 nitrogen and oxygen atoms in total. The minimum absolute atomic E-state index is 0.0989. The molecule has 1 N–H and O–H groups in total. The van der Waals surface area contributed by atoms with Crippen LogP contribution in [0.2, 0.25) is 0 Å². The van der Waals surface area contributed by atoms with Crippen molar-refractivity contribution in [3.63, 3.8) is 0 Å². The van der Waals surface area contributed by atoms with Gasteiger partial charge < -0.3 is 14.5 Å². The summed E-state index contributed by atoms with van der Waals surface area (Å²) in [6.07, 6.45) is 6.75. The van der Waals surface area contributed by atoms with Gasteiger partial charge in [0.15, 0.2) is 0 Å². The second kappa shape index (κ2) is 5.83. The van der Waals surface area contributed by atoms with Crippen molar-refractivity contribution in [3.8, 4) is 0 Å². The summed E-state index contributed by atoms with van der Waals surface area (Å²) in [5.41, 5.74) is 0. The molecule has 1 saturated carbocycles. The third kappa shape index (κ3) is 3.31. The van der Waals surface area contributed by atoms with Crippen LogP contribution >= 0.6 is 0 Å². The van der Waals surface area contributed by atoms with Crippen molar-refractivity contribution < 1.29 is 13.9 Å². The van der Waals surface area contributed by atoms with E-state index in [9.17, 15) is 4.79 Å². The van der Waals surface area contributed by atoms with Gasteiger partial charge in [-0.2, -0.15) is 0 Å². The van der Waals surface area contributed by atoms with Crippen molar-refractivity contribution in [2.45, 2.75) is 38.2 Å². The molecule has 4 heteroatoms. The van der Waals surface area contributed by atoms with Gasteiger partial charge in [0.1, 0.15) is 11.5 Å². The monoisotopic (exact) mass is 275 g/mol. The van der Waals surface area contributed by atoms with E-state index in [2.05, 4.69) is 12.2 Å². The molecule has 3 rings (SSSR count). The molecule has 1 aliphatic carbocycles. The Bertz CT molecular complexity index is 500. The summed E-state index contributed by atoms with van der Waals surface area (Å²) < 4.78 is 11.2. The molecule has 20 heavy (non-hydrogen) atoms. The van der Waals surface area contributed by atoms with Crippen LogP contribution in [-0.2, 0) is 9.53 Å². The van der Waals surface area contributed by atoms with Crippen LogP contribution in [0, 0.1) is 5.92 Å². The predicted octanol–water partition coefficient (Wildman–Crippen LogP) is 2.71. The third-order valence-electron chi connectivity index (χ3n) is 4.05. The van der Waals surface area contributed by atoms with E-state index in [0.29, 0.717) is 12.5 Å². The Morgan fingerprint density at radius 2 is 2.35 bits per heavy atom. The summed E-state index contributed by atoms with van der Waals surface area (Å²) in [5.74, 6) is 2.99. The van der Waals surface area contributed by atoms with Gasteiger partial charge in [-0.3, -0.25) is 4.79 Å². The molecule has 3 atom stereocenters. The number of carbonyl (C=O) groups is 1. The zero-order valence-corrected chi connectivity index (χ0v) is 11.8. The third-order valence-corrected chi connectivity index (χ3v) is 4.05. The number of ether oxygens (including phenoxy) is 1. The Kier molecular flexibility index (Phi) is 3.92. The van der Waals surface area contributed by atoms with Crippen LogP contribution < -0.4 is 5.32 Å². The molecule has 0 radical (unpaired) electrons. The fourth-order valence-corrected chi connectivity index (χ4v) is 2.61. The number of rotatable bonds is 5. The quantitative estimate of drug-likeness (QED) is 0.841. The summed E-state index contributed by atoms with van der Waals surface area (Å²) in [7, 11) is 0. The molecular formula is C16H21NO3. The highest BCUT2D eigenvalue weighted by atomic mass is 16.5. The normalized spacial score (nSPS) is 28.9. The highest BCUT2D eigenvalue weighted by Crippen LogP contribution is 2.47. The van der Waals surface area contributed by atoms with Crippen LogP contribution in [0.25, 0.3) is 6.08 Å². The molecule has 1 aromatic heterocycles. The van der Waals surface area contributed by atoms with Gasteiger partial charge >= 0.3 is 0 Å². The Morgan fingerprint density at radius 3 is 3.05 bits per heavy atom. The Hall–Kier alpha value is -1.55. The highest BCUT2D eigenvalue weighted by molar-refractivity contribution is 5.91. The van der Waals surface area contributed by atoms with Crippen LogP contribution in [0.3, 0.4) is 0 Å². The Labute approximate surface area is 119 Å². The summed E-state index contributed by atoms with van der Waals surface area (Å²) in [4.78, 5) is 11.7. The first-order chi connectivity index (χ1) is 9.72. The molecule has 1 saturated heterocycles. The largest absolute Gasteiger partial charge is 0.461 e. The Balaban J connectivity index is 1.46. The van der Waals surface area contributed by atoms with E-state index in [1.165, 1.54) is 12.5 Å². The predicted molar refractivity (Wildman–Crippen MR) is 76.2 cm³/mol. The van der Waals surface area contributed by atoms with Gasteiger partial charge in [0, 0.05) is 25.1 Å². The molecule has 1 amide bonds. The smallest absolute Gasteiger partial charge is 0.244 e. The zero-order chi connectivity index (χ0) is 13.9. The summed E-state index contributed by atoms with van der Waals surface area (Å²) in [6.45, 7) is 3.62.